The molecule has 0 aliphatic carbocycles. The van der Waals surface area contributed by atoms with Gasteiger partial charge in [-0.1, -0.05) is 182 Å². The number of hydrogen-bond donors (Lipinski definition) is 0. The number of benzene rings is 8. The first kappa shape index (κ1) is 32.6. The highest BCUT2D eigenvalue weighted by Crippen LogP contribution is 2.46. The molecule has 0 bridgehead atoms. The summed E-state index contributed by atoms with van der Waals surface area (Å²) < 4.78 is 2.54. The smallest absolute Gasteiger partial charge is 0.164 e. The Balaban J connectivity index is 1.11. The Kier molecular flexibility index (Phi) is 8.36. The Bertz CT molecular complexity index is 2880. The maximum Gasteiger partial charge on any atom is 0.164 e. The molecule has 0 unspecified atom stereocenters. The first-order valence-corrected chi connectivity index (χ1v) is 19.3. The van der Waals surface area contributed by atoms with E-state index in [4.69, 9.17) is 15.0 Å². The van der Waals surface area contributed by atoms with Gasteiger partial charge in [0.25, 0.3) is 0 Å². The second-order valence-corrected chi connectivity index (χ2v) is 14.6. The molecule has 4 heteroatoms. The predicted octanol–water partition coefficient (Wildman–Crippen LogP) is 13.9. The monoisotopic (exact) mass is 719 g/mol. The average molecular weight is 720 g/mol. The highest BCUT2D eigenvalue weighted by molar-refractivity contribution is 7.26. The number of fused-ring (bicyclic) bond motifs is 3. The molecule has 0 saturated heterocycles. The number of nitrogens with zero attached hydrogens (tertiary/aromatic N) is 3. The molecule has 0 amide bonds. The standard InChI is InChI=1S/C51H33N3S/c1-5-15-34(16-6-1)35-27-29-36(30-28-35)42-32-45(37-17-7-2-8-18-37)48-46(33-42)44-26-14-25-43(47(44)55-48)40-23-13-24-41(31-40)51-53-49(38-19-9-3-10-20-38)52-50(54-51)39-21-11-4-12-22-39/h1-33H. The number of aromatic nitrogens is 3. The number of hydrogen-bond acceptors (Lipinski definition) is 4. The summed E-state index contributed by atoms with van der Waals surface area (Å²) in [5.41, 5.74) is 12.5. The molecule has 10 aromatic rings. The van der Waals surface area contributed by atoms with E-state index in [1.165, 1.54) is 59.1 Å². The molecule has 258 valence electrons. The van der Waals surface area contributed by atoms with Gasteiger partial charge in [0, 0.05) is 42.4 Å². The van der Waals surface area contributed by atoms with Crippen molar-refractivity contribution in [3.05, 3.63) is 200 Å². The summed E-state index contributed by atoms with van der Waals surface area (Å²) in [7, 11) is 0. The van der Waals surface area contributed by atoms with E-state index in [2.05, 4.69) is 140 Å². The number of thiophene rings is 1. The van der Waals surface area contributed by atoms with Gasteiger partial charge in [-0.2, -0.15) is 0 Å². The summed E-state index contributed by atoms with van der Waals surface area (Å²) in [5, 5.41) is 2.51. The third-order valence-electron chi connectivity index (χ3n) is 10.1. The third kappa shape index (κ3) is 6.29. The molecule has 3 nitrogen and oxygen atoms in total. The molecule has 55 heavy (non-hydrogen) atoms. The summed E-state index contributed by atoms with van der Waals surface area (Å²) in [6.45, 7) is 0. The van der Waals surface area contributed by atoms with Crippen LogP contribution >= 0.6 is 11.3 Å². The van der Waals surface area contributed by atoms with Crippen molar-refractivity contribution in [2.75, 3.05) is 0 Å². The van der Waals surface area contributed by atoms with Crippen LogP contribution in [0.15, 0.2) is 200 Å². The van der Waals surface area contributed by atoms with Gasteiger partial charge in [-0.25, -0.2) is 15.0 Å². The molecule has 0 radical (unpaired) electrons. The maximum absolute atomic E-state index is 5.02. The first-order valence-electron chi connectivity index (χ1n) is 18.4. The van der Waals surface area contributed by atoms with Crippen LogP contribution in [-0.2, 0) is 0 Å². The molecule has 2 aromatic heterocycles. The van der Waals surface area contributed by atoms with Crippen LogP contribution in [0.25, 0.3) is 98.8 Å². The van der Waals surface area contributed by atoms with Gasteiger partial charge in [0.2, 0.25) is 0 Å². The van der Waals surface area contributed by atoms with E-state index in [0.717, 1.165) is 22.3 Å². The Hall–Kier alpha value is -7.01. The van der Waals surface area contributed by atoms with E-state index < -0.39 is 0 Å². The van der Waals surface area contributed by atoms with Gasteiger partial charge in [-0.05, 0) is 57.1 Å². The van der Waals surface area contributed by atoms with Gasteiger partial charge in [0.05, 0.1) is 0 Å². The second-order valence-electron chi connectivity index (χ2n) is 13.6. The lowest BCUT2D eigenvalue weighted by atomic mass is 9.94. The highest BCUT2D eigenvalue weighted by Gasteiger charge is 2.18. The summed E-state index contributed by atoms with van der Waals surface area (Å²) >= 11 is 1.87. The Labute approximate surface area is 323 Å². The predicted molar refractivity (Wildman–Crippen MR) is 231 cm³/mol. The fourth-order valence-electron chi connectivity index (χ4n) is 7.38. The van der Waals surface area contributed by atoms with Gasteiger partial charge < -0.3 is 0 Å². The van der Waals surface area contributed by atoms with Crippen LogP contribution in [0.5, 0.6) is 0 Å². The minimum Gasteiger partial charge on any atom is -0.208 e. The molecule has 0 aliphatic heterocycles. The van der Waals surface area contributed by atoms with Crippen LogP contribution in [0.1, 0.15) is 0 Å². The van der Waals surface area contributed by atoms with E-state index in [0.29, 0.717) is 17.5 Å². The van der Waals surface area contributed by atoms with Gasteiger partial charge in [0.1, 0.15) is 0 Å². The van der Waals surface area contributed by atoms with Crippen molar-refractivity contribution in [3.8, 4) is 78.7 Å². The molecular formula is C51H33N3S. The molecule has 0 atom stereocenters. The van der Waals surface area contributed by atoms with E-state index in [-0.39, 0.29) is 0 Å². The summed E-state index contributed by atoms with van der Waals surface area (Å²) in [6, 6.07) is 70.6. The second kappa shape index (κ2) is 14.1. The van der Waals surface area contributed by atoms with Crippen molar-refractivity contribution in [2.45, 2.75) is 0 Å². The maximum atomic E-state index is 5.02. The zero-order chi connectivity index (χ0) is 36.6. The normalized spacial score (nSPS) is 11.3. The van der Waals surface area contributed by atoms with Crippen LogP contribution in [0.4, 0.5) is 0 Å². The Morgan fingerprint density at radius 3 is 1.29 bits per heavy atom. The summed E-state index contributed by atoms with van der Waals surface area (Å²) in [4.78, 5) is 14.9. The van der Waals surface area contributed by atoms with Crippen LogP contribution in [0, 0.1) is 0 Å². The van der Waals surface area contributed by atoms with Gasteiger partial charge in [-0.15, -0.1) is 11.3 Å². The molecule has 2 heterocycles. The molecular weight excluding hydrogens is 687 g/mol. The SMILES string of the molecule is c1ccc(-c2ccc(-c3cc(-c4ccccc4)c4sc5c(-c6cccc(-c7nc(-c8ccccc8)nc(-c8ccccc8)n7)c6)cccc5c4c3)cc2)cc1. The minimum atomic E-state index is 0.646. The van der Waals surface area contributed by atoms with E-state index in [9.17, 15) is 0 Å². The van der Waals surface area contributed by atoms with E-state index in [1.54, 1.807) is 0 Å². The third-order valence-corrected chi connectivity index (χ3v) is 11.4. The lowest BCUT2D eigenvalue weighted by molar-refractivity contribution is 1.07. The van der Waals surface area contributed by atoms with Crippen LogP contribution in [0.3, 0.4) is 0 Å². The fourth-order valence-corrected chi connectivity index (χ4v) is 8.73. The minimum absolute atomic E-state index is 0.646. The molecule has 0 N–H and O–H groups in total. The molecule has 0 saturated carbocycles. The lowest BCUT2D eigenvalue weighted by Crippen LogP contribution is -2.00. The Morgan fingerprint density at radius 1 is 0.255 bits per heavy atom. The Morgan fingerprint density at radius 2 is 0.691 bits per heavy atom. The largest absolute Gasteiger partial charge is 0.208 e. The van der Waals surface area contributed by atoms with E-state index >= 15 is 0 Å². The first-order chi connectivity index (χ1) is 27.2. The van der Waals surface area contributed by atoms with Crippen molar-refractivity contribution in [1.82, 2.24) is 15.0 Å². The van der Waals surface area contributed by atoms with Crippen molar-refractivity contribution >= 4 is 31.5 Å². The molecule has 10 rings (SSSR count). The van der Waals surface area contributed by atoms with Crippen LogP contribution < -0.4 is 0 Å². The van der Waals surface area contributed by atoms with Crippen molar-refractivity contribution in [1.29, 1.82) is 0 Å². The fraction of sp³-hybridized carbons (Fsp3) is 0. The topological polar surface area (TPSA) is 38.7 Å². The highest BCUT2D eigenvalue weighted by atomic mass is 32.1. The van der Waals surface area contributed by atoms with Gasteiger partial charge >= 0.3 is 0 Å². The van der Waals surface area contributed by atoms with Crippen molar-refractivity contribution in [3.63, 3.8) is 0 Å². The van der Waals surface area contributed by atoms with Crippen molar-refractivity contribution < 1.29 is 0 Å². The van der Waals surface area contributed by atoms with Crippen LogP contribution in [-0.4, -0.2) is 15.0 Å². The quantitative estimate of drug-likeness (QED) is 0.165. The summed E-state index contributed by atoms with van der Waals surface area (Å²) in [6.07, 6.45) is 0. The van der Waals surface area contributed by atoms with Gasteiger partial charge in [0.15, 0.2) is 17.5 Å². The zero-order valence-electron chi connectivity index (χ0n) is 29.8. The van der Waals surface area contributed by atoms with E-state index in [1.807, 2.05) is 72.0 Å². The zero-order valence-corrected chi connectivity index (χ0v) is 30.6. The van der Waals surface area contributed by atoms with Crippen LogP contribution in [0.2, 0.25) is 0 Å². The average Bonchev–Trinajstić information content (AvgIpc) is 3.66. The number of rotatable bonds is 7. The van der Waals surface area contributed by atoms with Gasteiger partial charge in [-0.3, -0.25) is 0 Å². The molecule has 0 fully saturated rings. The van der Waals surface area contributed by atoms with Crippen molar-refractivity contribution in [2.24, 2.45) is 0 Å². The lowest BCUT2D eigenvalue weighted by Gasteiger charge is -2.10. The molecule has 0 spiro atoms. The molecule has 8 aromatic carbocycles. The summed E-state index contributed by atoms with van der Waals surface area (Å²) in [5.74, 6) is 1.95. The molecule has 0 aliphatic rings.